The van der Waals surface area contributed by atoms with Crippen molar-refractivity contribution in [3.8, 4) is 6.07 Å². The van der Waals surface area contributed by atoms with E-state index in [-0.39, 0.29) is 5.92 Å². The first kappa shape index (κ1) is 10.3. The van der Waals surface area contributed by atoms with Crippen molar-refractivity contribution in [3.05, 3.63) is 60.2 Å². The van der Waals surface area contributed by atoms with Crippen LogP contribution in [0.2, 0.25) is 0 Å². The average Bonchev–Trinajstić information content (AvgIpc) is 2.38. The van der Waals surface area contributed by atoms with Gasteiger partial charge in [-0.1, -0.05) is 0 Å². The maximum Gasteiger partial charge on any atom is 0.0754 e. The summed E-state index contributed by atoms with van der Waals surface area (Å²) in [6, 6.07) is 9.96. The molecule has 0 bridgehead atoms. The van der Waals surface area contributed by atoms with Crippen LogP contribution in [-0.4, -0.2) is 9.97 Å². The fraction of sp³-hybridized carbons (Fsp3) is 0.154. The molecule has 0 aromatic carbocycles. The highest BCUT2D eigenvalue weighted by Gasteiger charge is 2.10. The van der Waals surface area contributed by atoms with Crippen molar-refractivity contribution in [2.45, 2.75) is 12.3 Å². The Morgan fingerprint density at radius 3 is 2.12 bits per heavy atom. The van der Waals surface area contributed by atoms with Gasteiger partial charge in [0, 0.05) is 24.8 Å². The van der Waals surface area contributed by atoms with Crippen molar-refractivity contribution in [2.75, 3.05) is 0 Å². The molecule has 16 heavy (non-hydrogen) atoms. The first-order valence-corrected chi connectivity index (χ1v) is 5.08. The van der Waals surface area contributed by atoms with E-state index in [0.717, 1.165) is 11.1 Å². The van der Waals surface area contributed by atoms with Gasteiger partial charge in [-0.15, -0.1) is 0 Å². The fourth-order valence-corrected chi connectivity index (χ4v) is 1.59. The summed E-state index contributed by atoms with van der Waals surface area (Å²) in [7, 11) is 0. The summed E-state index contributed by atoms with van der Waals surface area (Å²) >= 11 is 0. The van der Waals surface area contributed by atoms with Gasteiger partial charge in [-0.05, 0) is 41.8 Å². The number of pyridine rings is 2. The number of aromatic nitrogens is 2. The first-order chi connectivity index (χ1) is 7.90. The van der Waals surface area contributed by atoms with E-state index >= 15 is 0 Å². The van der Waals surface area contributed by atoms with Gasteiger partial charge in [0.05, 0.1) is 12.0 Å². The first-order valence-electron chi connectivity index (χ1n) is 5.08. The minimum atomic E-state index is -0.120. The normalized spacial score (nSPS) is 11.7. The van der Waals surface area contributed by atoms with Crippen molar-refractivity contribution >= 4 is 0 Å². The lowest BCUT2D eigenvalue weighted by molar-refractivity contribution is 0.844. The largest absolute Gasteiger partial charge is 0.265 e. The van der Waals surface area contributed by atoms with Gasteiger partial charge in [0.1, 0.15) is 0 Å². The predicted octanol–water partition coefficient (Wildman–Crippen LogP) is 2.33. The van der Waals surface area contributed by atoms with Crippen LogP contribution in [0.4, 0.5) is 0 Å². The highest BCUT2D eigenvalue weighted by Crippen LogP contribution is 2.18. The molecule has 0 fully saturated rings. The summed E-state index contributed by atoms with van der Waals surface area (Å²) in [6.07, 6.45) is 7.63. The van der Waals surface area contributed by atoms with Gasteiger partial charge in [0.25, 0.3) is 0 Å². The van der Waals surface area contributed by atoms with Crippen molar-refractivity contribution < 1.29 is 0 Å². The Labute approximate surface area is 94.4 Å². The number of hydrogen-bond acceptors (Lipinski definition) is 3. The van der Waals surface area contributed by atoms with Crippen LogP contribution in [0, 0.1) is 11.3 Å². The Balaban J connectivity index is 2.17. The number of nitrogens with zero attached hydrogens (tertiary/aromatic N) is 3. The van der Waals surface area contributed by atoms with Crippen molar-refractivity contribution in [3.63, 3.8) is 0 Å². The zero-order valence-electron chi connectivity index (χ0n) is 8.74. The molecular weight excluding hydrogens is 198 g/mol. The fourth-order valence-electron chi connectivity index (χ4n) is 1.59. The summed E-state index contributed by atoms with van der Waals surface area (Å²) < 4.78 is 0. The minimum absolute atomic E-state index is 0.120. The van der Waals surface area contributed by atoms with E-state index in [1.54, 1.807) is 24.8 Å². The van der Waals surface area contributed by atoms with Gasteiger partial charge < -0.3 is 0 Å². The molecule has 0 saturated heterocycles. The van der Waals surface area contributed by atoms with Gasteiger partial charge in [0.15, 0.2) is 0 Å². The molecule has 2 aromatic heterocycles. The van der Waals surface area contributed by atoms with Crippen LogP contribution in [0.1, 0.15) is 17.0 Å². The molecule has 78 valence electrons. The van der Waals surface area contributed by atoms with Gasteiger partial charge in [0.2, 0.25) is 0 Å². The molecular formula is C13H11N3. The molecule has 0 N–H and O–H groups in total. The van der Waals surface area contributed by atoms with Gasteiger partial charge in [-0.2, -0.15) is 5.26 Å². The van der Waals surface area contributed by atoms with E-state index in [1.165, 1.54) is 0 Å². The monoisotopic (exact) mass is 209 g/mol. The van der Waals surface area contributed by atoms with Crippen LogP contribution in [0.25, 0.3) is 0 Å². The van der Waals surface area contributed by atoms with E-state index in [1.807, 2.05) is 24.3 Å². The smallest absolute Gasteiger partial charge is 0.0754 e. The van der Waals surface area contributed by atoms with Crippen LogP contribution >= 0.6 is 0 Å². The summed E-state index contributed by atoms with van der Waals surface area (Å²) in [4.78, 5) is 7.91. The average molecular weight is 209 g/mol. The Hall–Kier alpha value is -2.21. The molecule has 0 amide bonds. The van der Waals surface area contributed by atoms with Gasteiger partial charge in [-0.25, -0.2) is 0 Å². The van der Waals surface area contributed by atoms with E-state index in [9.17, 15) is 0 Å². The predicted molar refractivity (Wildman–Crippen MR) is 60.5 cm³/mol. The number of rotatable bonds is 3. The molecule has 0 aliphatic carbocycles. The van der Waals surface area contributed by atoms with E-state index in [4.69, 9.17) is 5.26 Å². The quantitative estimate of drug-likeness (QED) is 0.779. The van der Waals surface area contributed by atoms with Crippen LogP contribution in [0.5, 0.6) is 0 Å². The molecule has 0 aliphatic heterocycles. The van der Waals surface area contributed by atoms with Gasteiger partial charge >= 0.3 is 0 Å². The SMILES string of the molecule is N#C[C@@H](Cc1ccncc1)c1ccncc1. The van der Waals surface area contributed by atoms with Crippen LogP contribution < -0.4 is 0 Å². The third kappa shape index (κ3) is 2.43. The highest BCUT2D eigenvalue weighted by atomic mass is 14.6. The lowest BCUT2D eigenvalue weighted by Crippen LogP contribution is -2.00. The molecule has 0 aliphatic rings. The molecule has 0 radical (unpaired) electrons. The maximum absolute atomic E-state index is 9.15. The topological polar surface area (TPSA) is 49.6 Å². The number of nitriles is 1. The van der Waals surface area contributed by atoms with E-state index in [0.29, 0.717) is 6.42 Å². The standard InChI is InChI=1S/C13H11N3/c14-10-13(12-3-7-16-8-4-12)9-11-1-5-15-6-2-11/h1-8,13H,9H2/t13-/m1/s1. The Morgan fingerprint density at radius 2 is 1.56 bits per heavy atom. The van der Waals surface area contributed by atoms with Crippen molar-refractivity contribution in [2.24, 2.45) is 0 Å². The Morgan fingerprint density at radius 1 is 1.00 bits per heavy atom. The van der Waals surface area contributed by atoms with Crippen molar-refractivity contribution in [1.82, 2.24) is 9.97 Å². The van der Waals surface area contributed by atoms with Crippen LogP contribution in [0.3, 0.4) is 0 Å². The van der Waals surface area contributed by atoms with E-state index in [2.05, 4.69) is 16.0 Å². The lowest BCUT2D eigenvalue weighted by Gasteiger charge is -2.08. The zero-order chi connectivity index (χ0) is 11.2. The Bertz CT molecular complexity index is 474. The molecule has 0 spiro atoms. The summed E-state index contributed by atoms with van der Waals surface area (Å²) in [5, 5.41) is 9.15. The minimum Gasteiger partial charge on any atom is -0.265 e. The summed E-state index contributed by atoms with van der Waals surface area (Å²) in [5.41, 5.74) is 2.13. The molecule has 3 heteroatoms. The summed E-state index contributed by atoms with van der Waals surface area (Å²) in [5.74, 6) is -0.120. The van der Waals surface area contributed by atoms with Crippen LogP contribution in [-0.2, 0) is 6.42 Å². The lowest BCUT2D eigenvalue weighted by atomic mass is 9.95. The highest BCUT2D eigenvalue weighted by molar-refractivity contribution is 5.26. The molecule has 0 unspecified atom stereocenters. The number of hydrogen-bond donors (Lipinski definition) is 0. The maximum atomic E-state index is 9.15. The molecule has 2 aromatic rings. The zero-order valence-corrected chi connectivity index (χ0v) is 8.74. The molecule has 1 atom stereocenters. The molecule has 0 saturated carbocycles. The van der Waals surface area contributed by atoms with Gasteiger partial charge in [-0.3, -0.25) is 9.97 Å². The second kappa shape index (κ2) is 5.04. The Kier molecular flexibility index (Phi) is 3.25. The third-order valence-electron chi connectivity index (χ3n) is 2.45. The van der Waals surface area contributed by atoms with Crippen molar-refractivity contribution in [1.29, 1.82) is 5.26 Å². The third-order valence-corrected chi connectivity index (χ3v) is 2.45. The second-order valence-corrected chi connectivity index (χ2v) is 3.52. The molecule has 2 heterocycles. The summed E-state index contributed by atoms with van der Waals surface area (Å²) in [6.45, 7) is 0. The molecule has 2 rings (SSSR count). The van der Waals surface area contributed by atoms with Crippen LogP contribution in [0.15, 0.2) is 49.1 Å². The molecule has 3 nitrogen and oxygen atoms in total. The second-order valence-electron chi connectivity index (χ2n) is 3.52. The van der Waals surface area contributed by atoms with E-state index < -0.39 is 0 Å².